The lowest BCUT2D eigenvalue weighted by Crippen LogP contribution is -2.32. The molecule has 1 heterocycles. The molecule has 0 N–H and O–H groups in total. The summed E-state index contributed by atoms with van der Waals surface area (Å²) in [6.45, 7) is 3.41. The van der Waals surface area contributed by atoms with Gasteiger partial charge < -0.3 is 14.4 Å². The van der Waals surface area contributed by atoms with Crippen LogP contribution in [0.25, 0.3) is 0 Å². The smallest absolute Gasteiger partial charge is 0.222 e. The lowest BCUT2D eigenvalue weighted by Gasteiger charge is -2.23. The Bertz CT molecular complexity index is 832. The van der Waals surface area contributed by atoms with Crippen LogP contribution < -0.4 is 9.47 Å². The highest BCUT2D eigenvalue weighted by Gasteiger charge is 2.20. The molecule has 0 unspecified atom stereocenters. The van der Waals surface area contributed by atoms with Crippen molar-refractivity contribution in [2.75, 3.05) is 27.3 Å². The van der Waals surface area contributed by atoms with Gasteiger partial charge >= 0.3 is 0 Å². The molecule has 1 saturated carbocycles. The average molecular weight is 430 g/mol. The third-order valence-electron chi connectivity index (χ3n) is 6.13. The zero-order valence-corrected chi connectivity index (χ0v) is 19.0. The molecule has 0 saturated heterocycles. The van der Waals surface area contributed by atoms with Crippen molar-refractivity contribution in [2.24, 2.45) is 0 Å². The van der Waals surface area contributed by atoms with Crippen molar-refractivity contribution in [2.45, 2.75) is 70.8 Å². The number of carbonyl (C=O) groups excluding carboxylic acids is 1. The third-order valence-corrected chi connectivity index (χ3v) is 6.13. The predicted octanol–water partition coefficient (Wildman–Crippen LogP) is 3.61. The van der Waals surface area contributed by atoms with E-state index in [1.807, 2.05) is 34.7 Å². The van der Waals surface area contributed by atoms with Gasteiger partial charge in [-0.1, -0.05) is 25.3 Å². The number of amides is 1. The lowest BCUT2D eigenvalue weighted by atomic mass is 9.95. The summed E-state index contributed by atoms with van der Waals surface area (Å²) in [7, 11) is 3.26. The van der Waals surface area contributed by atoms with Crippen molar-refractivity contribution in [3.05, 3.63) is 29.6 Å². The molecule has 31 heavy (non-hydrogen) atoms. The van der Waals surface area contributed by atoms with Crippen LogP contribution in [0.4, 0.5) is 0 Å². The molecule has 2 aromatic rings. The number of methoxy groups -OCH3 is 2. The third kappa shape index (κ3) is 6.18. The molecule has 0 spiro atoms. The molecule has 0 radical (unpaired) electrons. The zero-order valence-electron chi connectivity index (χ0n) is 19.0. The van der Waals surface area contributed by atoms with Gasteiger partial charge in [0.2, 0.25) is 5.91 Å². The van der Waals surface area contributed by atoms with Crippen LogP contribution in [-0.2, 0) is 17.6 Å². The monoisotopic (exact) mass is 429 g/mol. The molecule has 1 amide bonds. The number of hydrogen-bond acceptors (Lipinski definition) is 6. The van der Waals surface area contributed by atoms with Crippen LogP contribution in [0.1, 0.15) is 69.3 Å². The van der Waals surface area contributed by atoms with Gasteiger partial charge in [0.05, 0.1) is 20.3 Å². The summed E-state index contributed by atoms with van der Waals surface area (Å²) >= 11 is 0. The SMILES string of the molecule is CCN(CCc1ccc(OC)c(OC)c1)C(=O)CCCc1nnnn1C1CCCCC1. The maximum atomic E-state index is 12.8. The fourth-order valence-corrected chi connectivity index (χ4v) is 4.30. The first-order valence-electron chi connectivity index (χ1n) is 11.4. The number of benzene rings is 1. The highest BCUT2D eigenvalue weighted by atomic mass is 16.5. The van der Waals surface area contributed by atoms with Gasteiger partial charge in [0.15, 0.2) is 17.3 Å². The first-order valence-corrected chi connectivity index (χ1v) is 11.4. The maximum Gasteiger partial charge on any atom is 0.222 e. The number of carbonyl (C=O) groups is 1. The second-order valence-corrected chi connectivity index (χ2v) is 8.10. The van der Waals surface area contributed by atoms with Crippen LogP contribution in [0.5, 0.6) is 11.5 Å². The Morgan fingerprint density at radius 2 is 1.90 bits per heavy atom. The number of rotatable bonds is 11. The Labute approximate surface area is 184 Å². The van der Waals surface area contributed by atoms with Gasteiger partial charge in [0, 0.05) is 25.9 Å². The summed E-state index contributed by atoms with van der Waals surface area (Å²) in [6, 6.07) is 6.32. The molecule has 1 fully saturated rings. The van der Waals surface area contributed by atoms with Crippen molar-refractivity contribution in [1.29, 1.82) is 0 Å². The summed E-state index contributed by atoms with van der Waals surface area (Å²) in [5.41, 5.74) is 1.12. The van der Waals surface area contributed by atoms with Gasteiger partial charge in [-0.2, -0.15) is 0 Å². The summed E-state index contributed by atoms with van der Waals surface area (Å²) in [4.78, 5) is 14.7. The van der Waals surface area contributed by atoms with Crippen LogP contribution in [0.3, 0.4) is 0 Å². The first-order chi connectivity index (χ1) is 15.2. The maximum absolute atomic E-state index is 12.8. The van der Waals surface area contributed by atoms with Crippen molar-refractivity contribution in [3.8, 4) is 11.5 Å². The lowest BCUT2D eigenvalue weighted by molar-refractivity contribution is -0.131. The Hall–Kier alpha value is -2.64. The van der Waals surface area contributed by atoms with Gasteiger partial charge in [-0.3, -0.25) is 4.79 Å². The van der Waals surface area contributed by atoms with E-state index < -0.39 is 0 Å². The standard InChI is InChI=1S/C23H35N5O3/c1-4-27(16-15-18-13-14-20(30-2)21(17-18)31-3)23(29)12-8-11-22-24-25-26-28(22)19-9-6-5-7-10-19/h13-14,17,19H,4-12,15-16H2,1-3H3. The summed E-state index contributed by atoms with van der Waals surface area (Å²) in [5, 5.41) is 12.3. The van der Waals surface area contributed by atoms with Crippen molar-refractivity contribution < 1.29 is 14.3 Å². The number of likely N-dealkylation sites (N-methyl/N-ethyl adjacent to an activating group) is 1. The fourth-order valence-electron chi connectivity index (χ4n) is 4.30. The highest BCUT2D eigenvalue weighted by molar-refractivity contribution is 5.76. The van der Waals surface area contributed by atoms with E-state index in [1.165, 1.54) is 19.3 Å². The zero-order chi connectivity index (χ0) is 22.1. The molecule has 1 aromatic heterocycles. The Morgan fingerprint density at radius 1 is 1.13 bits per heavy atom. The topological polar surface area (TPSA) is 82.4 Å². The molecule has 0 aliphatic heterocycles. The molecule has 8 heteroatoms. The molecule has 0 bridgehead atoms. The second kappa shape index (κ2) is 11.7. The second-order valence-electron chi connectivity index (χ2n) is 8.10. The Balaban J connectivity index is 1.48. The number of hydrogen-bond donors (Lipinski definition) is 0. The quantitative estimate of drug-likeness (QED) is 0.543. The van der Waals surface area contributed by atoms with E-state index in [4.69, 9.17) is 9.47 Å². The molecular weight excluding hydrogens is 394 g/mol. The largest absolute Gasteiger partial charge is 0.493 e. The van der Waals surface area contributed by atoms with Gasteiger partial charge in [0.1, 0.15) is 0 Å². The van der Waals surface area contributed by atoms with Crippen LogP contribution in [0, 0.1) is 0 Å². The Morgan fingerprint density at radius 3 is 2.61 bits per heavy atom. The number of nitrogens with zero attached hydrogens (tertiary/aromatic N) is 5. The van der Waals surface area contributed by atoms with E-state index in [0.717, 1.165) is 43.5 Å². The van der Waals surface area contributed by atoms with Crippen LogP contribution in [-0.4, -0.2) is 58.3 Å². The van der Waals surface area contributed by atoms with E-state index in [2.05, 4.69) is 15.5 Å². The molecule has 1 aliphatic rings. The van der Waals surface area contributed by atoms with Crippen LogP contribution >= 0.6 is 0 Å². The van der Waals surface area contributed by atoms with Crippen LogP contribution in [0.15, 0.2) is 18.2 Å². The van der Waals surface area contributed by atoms with E-state index in [1.54, 1.807) is 14.2 Å². The van der Waals surface area contributed by atoms with Gasteiger partial charge in [-0.15, -0.1) is 5.10 Å². The molecule has 8 nitrogen and oxygen atoms in total. The molecule has 170 valence electrons. The van der Waals surface area contributed by atoms with Crippen molar-refractivity contribution >= 4 is 5.91 Å². The van der Waals surface area contributed by atoms with E-state index in [9.17, 15) is 4.79 Å². The molecule has 1 aliphatic carbocycles. The Kier molecular flexibility index (Phi) is 8.67. The summed E-state index contributed by atoms with van der Waals surface area (Å²) in [5.74, 6) is 2.52. The van der Waals surface area contributed by atoms with E-state index in [0.29, 0.717) is 37.1 Å². The molecular formula is C23H35N5O3. The minimum absolute atomic E-state index is 0.180. The minimum atomic E-state index is 0.180. The number of tetrazole rings is 1. The normalized spacial score (nSPS) is 14.4. The summed E-state index contributed by atoms with van der Waals surface area (Å²) in [6.07, 6.45) is 8.88. The predicted molar refractivity (Wildman–Crippen MR) is 118 cm³/mol. The van der Waals surface area contributed by atoms with Crippen molar-refractivity contribution in [3.63, 3.8) is 0 Å². The molecule has 0 atom stereocenters. The fraction of sp³-hybridized carbons (Fsp3) is 0.652. The van der Waals surface area contributed by atoms with Crippen LogP contribution in [0.2, 0.25) is 0 Å². The molecule has 3 rings (SSSR count). The van der Waals surface area contributed by atoms with E-state index in [-0.39, 0.29) is 5.91 Å². The van der Waals surface area contributed by atoms with Gasteiger partial charge in [0.25, 0.3) is 0 Å². The highest BCUT2D eigenvalue weighted by Crippen LogP contribution is 2.29. The summed E-state index contributed by atoms with van der Waals surface area (Å²) < 4.78 is 12.7. The van der Waals surface area contributed by atoms with E-state index >= 15 is 0 Å². The number of ether oxygens (including phenoxy) is 2. The average Bonchev–Trinajstić information content (AvgIpc) is 3.28. The van der Waals surface area contributed by atoms with Gasteiger partial charge in [-0.05, 0) is 60.7 Å². The van der Waals surface area contributed by atoms with Gasteiger partial charge in [-0.25, -0.2) is 4.68 Å². The number of aryl methyl sites for hydroxylation is 1. The number of aromatic nitrogens is 4. The van der Waals surface area contributed by atoms with Crippen molar-refractivity contribution in [1.82, 2.24) is 25.1 Å². The molecule has 1 aromatic carbocycles. The minimum Gasteiger partial charge on any atom is -0.493 e. The first kappa shape index (κ1) is 23.0.